The van der Waals surface area contributed by atoms with Gasteiger partial charge in [-0.05, 0) is 42.2 Å². The van der Waals surface area contributed by atoms with E-state index in [1.54, 1.807) is 12.1 Å². The number of rotatable bonds is 8. The summed E-state index contributed by atoms with van der Waals surface area (Å²) in [5.74, 6) is -2.26. The number of hydrogen-bond acceptors (Lipinski definition) is 5. The van der Waals surface area contributed by atoms with Crippen LogP contribution >= 0.6 is 11.8 Å². The van der Waals surface area contributed by atoms with Crippen LogP contribution in [-0.2, 0) is 34.8 Å². The quantitative estimate of drug-likeness (QED) is 0.589. The number of aryl methyl sites for hydroxylation is 1. The fourth-order valence-electron chi connectivity index (χ4n) is 3.24. The molecule has 0 aliphatic carbocycles. The number of ketones is 1. The second-order valence-electron chi connectivity index (χ2n) is 7.14. The van der Waals surface area contributed by atoms with Crippen LogP contribution in [0.25, 0.3) is 0 Å². The summed E-state index contributed by atoms with van der Waals surface area (Å²) >= 11 is 1.11. The molecule has 154 valence electrons. The number of thioether (sulfide) groups is 1. The van der Waals surface area contributed by atoms with Gasteiger partial charge in [-0.25, -0.2) is 8.78 Å². The molecule has 4 nitrogen and oxygen atoms in total. The molecule has 1 aromatic carbocycles. The first-order valence-corrected chi connectivity index (χ1v) is 10.4. The Balaban J connectivity index is 1.54. The number of pyridine rings is 1. The zero-order chi connectivity index (χ0) is 21.0. The number of aromatic nitrogens is 1. The van der Waals surface area contributed by atoms with Gasteiger partial charge in [0.25, 0.3) is 5.92 Å². The molecule has 1 unspecified atom stereocenters. The summed E-state index contributed by atoms with van der Waals surface area (Å²) in [6.45, 7) is 3.05. The van der Waals surface area contributed by atoms with Crippen molar-refractivity contribution in [2.45, 2.75) is 50.7 Å². The van der Waals surface area contributed by atoms with Gasteiger partial charge in [0.1, 0.15) is 5.75 Å². The van der Waals surface area contributed by atoms with Crippen LogP contribution < -0.4 is 4.74 Å². The smallest absolute Gasteiger partial charge is 0.270 e. The average molecular weight is 419 g/mol. The van der Waals surface area contributed by atoms with Gasteiger partial charge in [0.2, 0.25) is 0 Å². The number of ether oxygens (including phenoxy) is 1. The molecule has 0 amide bonds. The third kappa shape index (κ3) is 5.63. The van der Waals surface area contributed by atoms with E-state index in [1.165, 1.54) is 12.3 Å². The van der Waals surface area contributed by atoms with E-state index in [1.807, 2.05) is 19.1 Å². The van der Waals surface area contributed by atoms with Crippen LogP contribution in [0.5, 0.6) is 5.75 Å². The molecule has 0 bridgehead atoms. The second kappa shape index (κ2) is 9.03. The van der Waals surface area contributed by atoms with Gasteiger partial charge in [0, 0.05) is 30.8 Å². The largest absolute Gasteiger partial charge is 0.493 e. The summed E-state index contributed by atoms with van der Waals surface area (Å²) in [6.07, 6.45) is 2.99. The summed E-state index contributed by atoms with van der Waals surface area (Å²) in [7, 11) is 0. The minimum atomic E-state index is -2.90. The predicted octanol–water partition coefficient (Wildman–Crippen LogP) is 4.52. The van der Waals surface area contributed by atoms with Crippen molar-refractivity contribution < 1.29 is 23.1 Å². The molecule has 1 aliphatic rings. The Morgan fingerprint density at radius 1 is 1.24 bits per heavy atom. The lowest BCUT2D eigenvalue weighted by atomic mass is 10.0. The highest BCUT2D eigenvalue weighted by molar-refractivity contribution is 8.15. The SMILES string of the molecule is CCc1cnc(CCOc2ccc(CC3SC(=O)CC3=O)cc2)cc1C(C)(F)F. The van der Waals surface area contributed by atoms with Gasteiger partial charge in [-0.2, -0.15) is 0 Å². The molecule has 0 spiro atoms. The fraction of sp³-hybridized carbons (Fsp3) is 0.409. The first-order valence-electron chi connectivity index (χ1n) is 9.56. The molecule has 1 atom stereocenters. The number of hydrogen-bond donors (Lipinski definition) is 0. The van der Waals surface area contributed by atoms with Crippen LogP contribution in [0.4, 0.5) is 8.78 Å². The van der Waals surface area contributed by atoms with E-state index in [0.29, 0.717) is 42.9 Å². The molecular formula is C22H23F2NO3S. The summed E-state index contributed by atoms with van der Waals surface area (Å²) in [4.78, 5) is 27.3. The lowest BCUT2D eigenvalue weighted by molar-refractivity contribution is -0.121. The van der Waals surface area contributed by atoms with E-state index in [2.05, 4.69) is 4.98 Å². The van der Waals surface area contributed by atoms with Crippen molar-refractivity contribution in [1.29, 1.82) is 0 Å². The first-order chi connectivity index (χ1) is 13.8. The molecule has 7 heteroatoms. The normalized spacial score (nSPS) is 17.0. The third-order valence-electron chi connectivity index (χ3n) is 4.82. The van der Waals surface area contributed by atoms with Crippen molar-refractivity contribution in [2.75, 3.05) is 6.61 Å². The average Bonchev–Trinajstić information content (AvgIpc) is 2.99. The Bertz CT molecular complexity index is 894. The third-order valence-corrected chi connectivity index (χ3v) is 5.94. The van der Waals surface area contributed by atoms with Crippen LogP contribution in [0.1, 0.15) is 42.7 Å². The van der Waals surface area contributed by atoms with Crippen LogP contribution in [0.2, 0.25) is 0 Å². The Morgan fingerprint density at radius 2 is 1.97 bits per heavy atom. The van der Waals surface area contributed by atoms with E-state index in [0.717, 1.165) is 24.2 Å². The maximum Gasteiger partial charge on any atom is 0.270 e. The van der Waals surface area contributed by atoms with Gasteiger partial charge >= 0.3 is 0 Å². The molecule has 0 radical (unpaired) electrons. The molecule has 1 aromatic heterocycles. The minimum absolute atomic E-state index is 0.0149. The van der Waals surface area contributed by atoms with Gasteiger partial charge < -0.3 is 4.74 Å². The van der Waals surface area contributed by atoms with E-state index in [9.17, 15) is 18.4 Å². The zero-order valence-electron chi connectivity index (χ0n) is 16.4. The first kappa shape index (κ1) is 21.4. The van der Waals surface area contributed by atoms with Crippen molar-refractivity contribution in [3.63, 3.8) is 0 Å². The topological polar surface area (TPSA) is 56.3 Å². The zero-order valence-corrected chi connectivity index (χ0v) is 17.2. The Kier molecular flexibility index (Phi) is 6.67. The standard InChI is InChI=1S/C22H23F2NO3S/c1-3-15-13-25-16(11-18(15)22(2,23)24)8-9-28-17-6-4-14(5-7-17)10-20-19(26)12-21(27)29-20/h4-7,11,13,20H,3,8-10,12H2,1-2H3. The summed E-state index contributed by atoms with van der Waals surface area (Å²) in [5, 5.41) is -0.359. The maximum atomic E-state index is 13.8. The van der Waals surface area contributed by atoms with Gasteiger partial charge in [-0.1, -0.05) is 30.8 Å². The number of benzene rings is 1. The number of alkyl halides is 2. The summed E-state index contributed by atoms with van der Waals surface area (Å²) < 4.78 is 33.3. The highest BCUT2D eigenvalue weighted by Gasteiger charge is 2.31. The highest BCUT2D eigenvalue weighted by atomic mass is 32.2. The number of carbonyl (C=O) groups is 2. The van der Waals surface area contributed by atoms with Crippen LogP contribution in [0, 0.1) is 0 Å². The van der Waals surface area contributed by atoms with E-state index in [4.69, 9.17) is 4.74 Å². The van der Waals surface area contributed by atoms with Crippen molar-refractivity contribution >= 4 is 22.7 Å². The number of carbonyl (C=O) groups excluding carboxylic acids is 2. The monoisotopic (exact) mass is 419 g/mol. The number of Topliss-reactive ketones (excluding diaryl/α,β-unsaturated/α-hetero) is 1. The Morgan fingerprint density at radius 3 is 2.55 bits per heavy atom. The van der Waals surface area contributed by atoms with Crippen LogP contribution in [-0.4, -0.2) is 27.7 Å². The molecule has 0 N–H and O–H groups in total. The second-order valence-corrected chi connectivity index (χ2v) is 8.40. The molecule has 1 fully saturated rings. The fourth-order valence-corrected chi connectivity index (χ4v) is 4.27. The number of nitrogens with zero attached hydrogens (tertiary/aromatic N) is 1. The minimum Gasteiger partial charge on any atom is -0.493 e. The summed E-state index contributed by atoms with van der Waals surface area (Å²) in [6, 6.07) is 8.82. The van der Waals surface area contributed by atoms with Gasteiger partial charge in [0.15, 0.2) is 10.9 Å². The lowest BCUT2D eigenvalue weighted by Crippen LogP contribution is -2.13. The molecule has 1 aliphatic heterocycles. The molecule has 2 heterocycles. The van der Waals surface area contributed by atoms with E-state index >= 15 is 0 Å². The van der Waals surface area contributed by atoms with E-state index < -0.39 is 5.92 Å². The Labute approximate surface area is 173 Å². The van der Waals surface area contributed by atoms with Gasteiger partial charge in [-0.15, -0.1) is 0 Å². The van der Waals surface area contributed by atoms with Gasteiger partial charge in [-0.3, -0.25) is 14.6 Å². The molecule has 2 aromatic rings. The maximum absolute atomic E-state index is 13.8. The van der Waals surface area contributed by atoms with Crippen molar-refractivity contribution in [3.8, 4) is 5.75 Å². The molecule has 0 saturated carbocycles. The highest BCUT2D eigenvalue weighted by Crippen LogP contribution is 2.31. The van der Waals surface area contributed by atoms with Gasteiger partial charge in [0.05, 0.1) is 18.3 Å². The molecule has 29 heavy (non-hydrogen) atoms. The summed E-state index contributed by atoms with van der Waals surface area (Å²) in [5.41, 5.74) is 2.10. The molecule has 1 saturated heterocycles. The molecular weight excluding hydrogens is 396 g/mol. The van der Waals surface area contributed by atoms with Crippen molar-refractivity contribution in [2.24, 2.45) is 0 Å². The van der Waals surface area contributed by atoms with Crippen LogP contribution in [0.15, 0.2) is 36.5 Å². The van der Waals surface area contributed by atoms with Crippen molar-refractivity contribution in [1.82, 2.24) is 4.98 Å². The van der Waals surface area contributed by atoms with Crippen molar-refractivity contribution in [3.05, 3.63) is 58.9 Å². The number of halogens is 2. The van der Waals surface area contributed by atoms with E-state index in [-0.39, 0.29) is 28.1 Å². The lowest BCUT2D eigenvalue weighted by Gasteiger charge is -2.16. The molecule has 3 rings (SSSR count). The van der Waals surface area contributed by atoms with Crippen LogP contribution in [0.3, 0.4) is 0 Å². The predicted molar refractivity (Wildman–Crippen MR) is 109 cm³/mol. The Hall–Kier alpha value is -2.28.